The van der Waals surface area contributed by atoms with E-state index in [1.165, 1.54) is 29.5 Å². The first-order valence-electron chi connectivity index (χ1n) is 8.78. The number of amides is 2. The van der Waals surface area contributed by atoms with Gasteiger partial charge >= 0.3 is 6.36 Å². The number of aromatic nitrogens is 1. The summed E-state index contributed by atoms with van der Waals surface area (Å²) in [5.41, 5.74) is 0.261. The minimum atomic E-state index is -4.83. The van der Waals surface area contributed by atoms with Gasteiger partial charge in [-0.25, -0.2) is 4.98 Å². The SMILES string of the molecule is O=C(NC1CCN(c2cccc(OC(F)(F)F)c2)C1=O)c1cnc(-c2ccco2)s1. The Labute approximate surface area is 172 Å². The maximum Gasteiger partial charge on any atom is 0.573 e. The van der Waals surface area contributed by atoms with E-state index in [4.69, 9.17) is 4.42 Å². The van der Waals surface area contributed by atoms with E-state index in [2.05, 4.69) is 15.0 Å². The number of nitrogens with one attached hydrogen (secondary N) is 1. The molecule has 11 heteroatoms. The molecule has 0 aliphatic carbocycles. The lowest BCUT2D eigenvalue weighted by atomic mass is 10.2. The lowest BCUT2D eigenvalue weighted by Crippen LogP contribution is -2.41. The van der Waals surface area contributed by atoms with Gasteiger partial charge in [0.25, 0.3) is 5.91 Å². The van der Waals surface area contributed by atoms with E-state index in [1.807, 2.05) is 0 Å². The van der Waals surface area contributed by atoms with Crippen LogP contribution >= 0.6 is 11.3 Å². The Morgan fingerprint density at radius 3 is 2.87 bits per heavy atom. The third kappa shape index (κ3) is 4.30. The lowest BCUT2D eigenvalue weighted by molar-refractivity contribution is -0.274. The highest BCUT2D eigenvalue weighted by Gasteiger charge is 2.35. The molecule has 7 nitrogen and oxygen atoms in total. The Bertz CT molecular complexity index is 1070. The van der Waals surface area contributed by atoms with Crippen molar-refractivity contribution in [2.75, 3.05) is 11.4 Å². The first-order valence-corrected chi connectivity index (χ1v) is 9.59. The summed E-state index contributed by atoms with van der Waals surface area (Å²) < 4.78 is 46.4. The zero-order chi connectivity index (χ0) is 21.3. The fourth-order valence-electron chi connectivity index (χ4n) is 3.04. The minimum Gasteiger partial charge on any atom is -0.462 e. The standard InChI is InChI=1S/C19H14F3N3O4S/c20-19(21,22)29-12-4-1-3-11(9-12)25-7-6-13(18(25)27)24-16(26)15-10-23-17(30-15)14-5-2-8-28-14/h1-5,8-10,13H,6-7H2,(H,24,26). The van der Waals surface area contributed by atoms with E-state index >= 15 is 0 Å². The number of ether oxygens (including phenoxy) is 1. The van der Waals surface area contributed by atoms with E-state index in [0.717, 1.165) is 23.5 Å². The summed E-state index contributed by atoms with van der Waals surface area (Å²) in [7, 11) is 0. The summed E-state index contributed by atoms with van der Waals surface area (Å²) >= 11 is 1.12. The third-order valence-electron chi connectivity index (χ3n) is 4.34. The van der Waals surface area contributed by atoms with Crippen LogP contribution in [0.1, 0.15) is 16.1 Å². The number of furan rings is 1. The molecule has 0 bridgehead atoms. The number of benzene rings is 1. The van der Waals surface area contributed by atoms with Crippen LogP contribution < -0.4 is 15.0 Å². The molecule has 1 N–H and O–H groups in total. The molecule has 1 aliphatic heterocycles. The highest BCUT2D eigenvalue weighted by atomic mass is 32.1. The topological polar surface area (TPSA) is 84.7 Å². The Balaban J connectivity index is 1.42. The second-order valence-electron chi connectivity index (χ2n) is 6.36. The number of thiazole rings is 1. The molecule has 0 saturated carbocycles. The molecule has 2 amide bonds. The van der Waals surface area contributed by atoms with Crippen LogP contribution in [0.5, 0.6) is 5.75 Å². The first-order chi connectivity index (χ1) is 14.3. The van der Waals surface area contributed by atoms with Crippen molar-refractivity contribution >= 4 is 28.8 Å². The van der Waals surface area contributed by atoms with E-state index < -0.39 is 30.0 Å². The van der Waals surface area contributed by atoms with Gasteiger partial charge in [-0.15, -0.1) is 24.5 Å². The third-order valence-corrected chi connectivity index (χ3v) is 5.35. The number of alkyl halides is 3. The van der Waals surface area contributed by atoms with Gasteiger partial charge in [0.15, 0.2) is 10.8 Å². The minimum absolute atomic E-state index is 0.250. The van der Waals surface area contributed by atoms with Crippen LogP contribution in [0.2, 0.25) is 0 Å². The number of anilines is 1. The molecule has 156 valence electrons. The van der Waals surface area contributed by atoms with Gasteiger partial charge in [0, 0.05) is 18.3 Å². The molecule has 1 unspecified atom stereocenters. The van der Waals surface area contributed by atoms with E-state index in [-0.39, 0.29) is 12.2 Å². The summed E-state index contributed by atoms with van der Waals surface area (Å²) in [5, 5.41) is 3.19. The molecule has 3 aromatic rings. The molecule has 1 aliphatic rings. The van der Waals surface area contributed by atoms with Crippen molar-refractivity contribution in [3.8, 4) is 16.5 Å². The van der Waals surface area contributed by atoms with Crippen molar-refractivity contribution in [1.29, 1.82) is 0 Å². The number of hydrogen-bond donors (Lipinski definition) is 1. The van der Waals surface area contributed by atoms with Crippen molar-refractivity contribution in [2.45, 2.75) is 18.8 Å². The molecule has 4 rings (SSSR count). The maximum atomic E-state index is 12.7. The molecule has 1 atom stereocenters. The second-order valence-corrected chi connectivity index (χ2v) is 7.39. The zero-order valence-electron chi connectivity index (χ0n) is 15.2. The van der Waals surface area contributed by atoms with Crippen LogP contribution in [-0.4, -0.2) is 35.7 Å². The summed E-state index contributed by atoms with van der Waals surface area (Å²) in [5.74, 6) is -0.763. The average molecular weight is 437 g/mol. The number of carbonyl (C=O) groups excluding carboxylic acids is 2. The van der Waals surface area contributed by atoms with Crippen molar-refractivity contribution in [2.24, 2.45) is 0 Å². The fraction of sp³-hybridized carbons (Fsp3) is 0.211. The quantitative estimate of drug-likeness (QED) is 0.656. The molecule has 1 aromatic carbocycles. The van der Waals surface area contributed by atoms with Gasteiger partial charge in [0.05, 0.1) is 12.5 Å². The summed E-state index contributed by atoms with van der Waals surface area (Å²) in [6.45, 7) is 0.250. The molecule has 1 saturated heterocycles. The molecular formula is C19H14F3N3O4S. The Hall–Kier alpha value is -3.34. The molecule has 2 aromatic heterocycles. The number of nitrogens with zero attached hydrogens (tertiary/aromatic N) is 2. The van der Waals surface area contributed by atoms with Crippen LogP contribution in [0.15, 0.2) is 53.3 Å². The predicted molar refractivity (Wildman–Crippen MR) is 101 cm³/mol. The Morgan fingerprint density at radius 1 is 1.30 bits per heavy atom. The number of halogens is 3. The normalized spacial score (nSPS) is 16.7. The fourth-order valence-corrected chi connectivity index (χ4v) is 3.83. The zero-order valence-corrected chi connectivity index (χ0v) is 16.0. The smallest absolute Gasteiger partial charge is 0.462 e. The Morgan fingerprint density at radius 2 is 2.13 bits per heavy atom. The van der Waals surface area contributed by atoms with E-state index in [0.29, 0.717) is 22.1 Å². The van der Waals surface area contributed by atoms with Crippen molar-refractivity contribution < 1.29 is 31.9 Å². The highest BCUT2D eigenvalue weighted by molar-refractivity contribution is 7.16. The van der Waals surface area contributed by atoms with Crippen LogP contribution in [0.25, 0.3) is 10.8 Å². The van der Waals surface area contributed by atoms with Gasteiger partial charge in [-0.1, -0.05) is 6.07 Å². The monoisotopic (exact) mass is 437 g/mol. The summed E-state index contributed by atoms with van der Waals surface area (Å²) in [6.07, 6.45) is -1.61. The first kappa shape index (κ1) is 20.0. The largest absolute Gasteiger partial charge is 0.573 e. The molecule has 0 radical (unpaired) electrons. The van der Waals surface area contributed by atoms with Crippen molar-refractivity contribution in [1.82, 2.24) is 10.3 Å². The van der Waals surface area contributed by atoms with Gasteiger partial charge in [-0.3, -0.25) is 9.59 Å². The highest BCUT2D eigenvalue weighted by Crippen LogP contribution is 2.30. The lowest BCUT2D eigenvalue weighted by Gasteiger charge is -2.18. The van der Waals surface area contributed by atoms with Gasteiger partial charge in [-0.2, -0.15) is 0 Å². The number of hydrogen-bond acceptors (Lipinski definition) is 6. The summed E-state index contributed by atoms with van der Waals surface area (Å²) in [4.78, 5) is 30.9. The molecule has 0 spiro atoms. The van der Waals surface area contributed by atoms with Crippen molar-refractivity contribution in [3.63, 3.8) is 0 Å². The van der Waals surface area contributed by atoms with Gasteiger partial charge in [0.1, 0.15) is 16.7 Å². The van der Waals surface area contributed by atoms with E-state index in [9.17, 15) is 22.8 Å². The second kappa shape index (κ2) is 7.82. The van der Waals surface area contributed by atoms with Crippen molar-refractivity contribution in [3.05, 3.63) is 53.7 Å². The number of carbonyl (C=O) groups is 2. The Kier molecular flexibility index (Phi) is 5.20. The molecule has 3 heterocycles. The van der Waals surface area contributed by atoms with Gasteiger partial charge in [0.2, 0.25) is 5.91 Å². The van der Waals surface area contributed by atoms with Crippen LogP contribution in [0.3, 0.4) is 0 Å². The van der Waals surface area contributed by atoms with Crippen LogP contribution in [0, 0.1) is 0 Å². The molecular weight excluding hydrogens is 423 g/mol. The molecule has 1 fully saturated rings. The maximum absolute atomic E-state index is 12.7. The van der Waals surface area contributed by atoms with Gasteiger partial charge in [-0.05, 0) is 30.7 Å². The van der Waals surface area contributed by atoms with Gasteiger partial charge < -0.3 is 19.4 Å². The number of rotatable bonds is 5. The average Bonchev–Trinajstić information content (AvgIpc) is 3.42. The molecule has 30 heavy (non-hydrogen) atoms. The van der Waals surface area contributed by atoms with Crippen LogP contribution in [0.4, 0.5) is 18.9 Å². The van der Waals surface area contributed by atoms with Crippen LogP contribution in [-0.2, 0) is 4.79 Å². The van der Waals surface area contributed by atoms with E-state index in [1.54, 1.807) is 12.1 Å². The summed E-state index contributed by atoms with van der Waals surface area (Å²) in [6, 6.07) is 7.78. The predicted octanol–water partition coefficient (Wildman–Crippen LogP) is 3.84.